The molecule has 1 unspecified atom stereocenters. The molecule has 38 heavy (non-hydrogen) atoms. The summed E-state index contributed by atoms with van der Waals surface area (Å²) in [5, 5.41) is 11.7. The molecule has 0 radical (unpaired) electrons. The summed E-state index contributed by atoms with van der Waals surface area (Å²) in [6, 6.07) is 14.7. The zero-order valence-electron chi connectivity index (χ0n) is 20.4. The topological polar surface area (TPSA) is 99.8 Å². The maximum Gasteiger partial charge on any atom is 0.180 e. The van der Waals surface area contributed by atoms with Gasteiger partial charge in [0.05, 0.1) is 41.1 Å². The highest BCUT2D eigenvalue weighted by molar-refractivity contribution is 5.84. The third-order valence-corrected chi connectivity index (χ3v) is 7.43. The number of nitrogens with one attached hydrogen (secondary N) is 2. The van der Waals surface area contributed by atoms with Crippen molar-refractivity contribution in [1.29, 1.82) is 0 Å². The minimum Gasteiger partial charge on any atom is -0.489 e. The summed E-state index contributed by atoms with van der Waals surface area (Å²) in [4.78, 5) is 14.3. The van der Waals surface area contributed by atoms with Crippen LogP contribution in [0.15, 0.2) is 84.2 Å². The van der Waals surface area contributed by atoms with Crippen molar-refractivity contribution in [3.63, 3.8) is 0 Å². The van der Waals surface area contributed by atoms with Crippen molar-refractivity contribution in [2.45, 2.75) is 6.04 Å². The molecular weight excluding hydrogens is 480 g/mol. The normalized spacial score (nSPS) is 16.9. The lowest BCUT2D eigenvalue weighted by Gasteiger charge is -2.46. The smallest absolute Gasteiger partial charge is 0.180 e. The fourth-order valence-corrected chi connectivity index (χ4v) is 5.51. The van der Waals surface area contributed by atoms with Gasteiger partial charge in [0.1, 0.15) is 18.6 Å². The van der Waals surface area contributed by atoms with E-state index in [-0.39, 0.29) is 0 Å². The highest BCUT2D eigenvalue weighted by Crippen LogP contribution is 2.39. The van der Waals surface area contributed by atoms with Gasteiger partial charge in [-0.15, -0.1) is 0 Å². The summed E-state index contributed by atoms with van der Waals surface area (Å²) >= 11 is 0. The number of fused-ring (bicyclic) bond motifs is 5. The summed E-state index contributed by atoms with van der Waals surface area (Å²) in [5.74, 6) is 1.56. The molecule has 1 atom stereocenters. The minimum atomic E-state index is 0.292. The van der Waals surface area contributed by atoms with Crippen molar-refractivity contribution < 1.29 is 9.15 Å². The number of hydrogen-bond donors (Lipinski definition) is 2. The van der Waals surface area contributed by atoms with Crippen LogP contribution in [0.25, 0.3) is 27.8 Å². The Hall–Kier alpha value is -4.99. The Bertz CT molecular complexity index is 1770. The van der Waals surface area contributed by atoms with Crippen LogP contribution in [0.1, 0.15) is 0 Å². The number of furan rings is 1. The van der Waals surface area contributed by atoms with Crippen LogP contribution in [0.5, 0.6) is 5.75 Å². The quantitative estimate of drug-likeness (QED) is 0.357. The van der Waals surface area contributed by atoms with Gasteiger partial charge in [0, 0.05) is 60.9 Å². The summed E-state index contributed by atoms with van der Waals surface area (Å²) in [7, 11) is 0. The molecule has 0 aliphatic carbocycles. The highest BCUT2D eigenvalue weighted by Gasteiger charge is 2.33. The fourth-order valence-electron chi connectivity index (χ4n) is 5.51. The molecule has 6 aromatic rings. The van der Waals surface area contributed by atoms with E-state index in [4.69, 9.17) is 14.1 Å². The average Bonchev–Trinajstić information content (AvgIpc) is 3.74. The molecule has 1 fully saturated rings. The molecule has 10 nitrogen and oxygen atoms in total. The molecule has 2 aliphatic rings. The van der Waals surface area contributed by atoms with Gasteiger partial charge in [0.2, 0.25) is 0 Å². The van der Waals surface area contributed by atoms with Crippen molar-refractivity contribution in [2.24, 2.45) is 0 Å². The first-order chi connectivity index (χ1) is 18.8. The molecule has 0 spiro atoms. The minimum absolute atomic E-state index is 0.292. The summed E-state index contributed by atoms with van der Waals surface area (Å²) in [6.07, 6.45) is 11.1. The Balaban J connectivity index is 1.09. The molecular formula is C28H24N8O2. The molecule has 0 bridgehead atoms. The second-order valence-corrected chi connectivity index (χ2v) is 9.70. The van der Waals surface area contributed by atoms with E-state index in [1.54, 1.807) is 18.7 Å². The van der Waals surface area contributed by atoms with E-state index >= 15 is 0 Å². The molecule has 2 aliphatic heterocycles. The van der Waals surface area contributed by atoms with Gasteiger partial charge in [-0.05, 0) is 24.3 Å². The van der Waals surface area contributed by atoms with E-state index in [0.29, 0.717) is 18.5 Å². The zero-order chi connectivity index (χ0) is 25.1. The summed E-state index contributed by atoms with van der Waals surface area (Å²) in [5.41, 5.74) is 6.71. The predicted molar refractivity (Wildman–Crippen MR) is 145 cm³/mol. The maximum atomic E-state index is 6.25. The van der Waals surface area contributed by atoms with Crippen molar-refractivity contribution in [3.8, 4) is 17.0 Å². The van der Waals surface area contributed by atoms with Gasteiger partial charge in [0.25, 0.3) is 0 Å². The van der Waals surface area contributed by atoms with Crippen LogP contribution in [0.3, 0.4) is 0 Å². The van der Waals surface area contributed by atoms with Gasteiger partial charge in [-0.3, -0.25) is 5.10 Å². The van der Waals surface area contributed by atoms with Crippen LogP contribution in [0.4, 0.5) is 22.9 Å². The first-order valence-corrected chi connectivity index (χ1v) is 12.6. The fraction of sp³-hybridized carbons (Fsp3) is 0.179. The predicted octanol–water partition coefficient (Wildman–Crippen LogP) is 4.70. The molecule has 6 heterocycles. The first-order valence-electron chi connectivity index (χ1n) is 12.6. The van der Waals surface area contributed by atoms with Crippen LogP contribution >= 0.6 is 0 Å². The Labute approximate surface area is 217 Å². The third kappa shape index (κ3) is 3.45. The lowest BCUT2D eigenvalue weighted by molar-refractivity contribution is 0.255. The van der Waals surface area contributed by atoms with Crippen molar-refractivity contribution in [3.05, 3.63) is 79.8 Å². The lowest BCUT2D eigenvalue weighted by Crippen LogP contribution is -2.57. The number of ether oxygens (including phenoxy) is 1. The number of rotatable bonds is 4. The van der Waals surface area contributed by atoms with Crippen LogP contribution in [-0.4, -0.2) is 56.8 Å². The molecule has 0 amide bonds. The van der Waals surface area contributed by atoms with Gasteiger partial charge in [-0.25, -0.2) is 9.97 Å². The number of aromatic nitrogens is 5. The Morgan fingerprint density at radius 1 is 1.08 bits per heavy atom. The molecule has 8 rings (SSSR count). The van der Waals surface area contributed by atoms with E-state index in [1.165, 1.54) is 0 Å². The number of aromatic amines is 1. The van der Waals surface area contributed by atoms with Crippen LogP contribution in [-0.2, 0) is 0 Å². The summed E-state index contributed by atoms with van der Waals surface area (Å²) < 4.78 is 13.5. The monoisotopic (exact) mass is 504 g/mol. The van der Waals surface area contributed by atoms with Crippen LogP contribution in [0, 0.1) is 0 Å². The molecule has 10 heteroatoms. The van der Waals surface area contributed by atoms with Crippen LogP contribution in [0.2, 0.25) is 0 Å². The second-order valence-electron chi connectivity index (χ2n) is 9.70. The Morgan fingerprint density at radius 2 is 2.08 bits per heavy atom. The Morgan fingerprint density at radius 3 is 3.03 bits per heavy atom. The number of imidazole rings is 1. The highest BCUT2D eigenvalue weighted by atomic mass is 16.5. The van der Waals surface area contributed by atoms with E-state index in [9.17, 15) is 0 Å². The second kappa shape index (κ2) is 8.27. The summed E-state index contributed by atoms with van der Waals surface area (Å²) in [6.45, 7) is 3.41. The third-order valence-electron chi connectivity index (χ3n) is 7.43. The zero-order valence-corrected chi connectivity index (χ0v) is 20.4. The van der Waals surface area contributed by atoms with Gasteiger partial charge >= 0.3 is 0 Å². The number of hydrogen-bond acceptors (Lipinski definition) is 8. The molecule has 2 aromatic carbocycles. The van der Waals surface area contributed by atoms with E-state index < -0.39 is 0 Å². The number of anilines is 4. The number of benzene rings is 2. The number of H-pyrrole nitrogens is 1. The van der Waals surface area contributed by atoms with E-state index in [2.05, 4.69) is 60.6 Å². The van der Waals surface area contributed by atoms with Crippen molar-refractivity contribution in [2.75, 3.05) is 41.4 Å². The van der Waals surface area contributed by atoms with Gasteiger partial charge in [0.15, 0.2) is 11.5 Å². The van der Waals surface area contributed by atoms with Crippen LogP contribution < -0.4 is 19.9 Å². The van der Waals surface area contributed by atoms with Crippen molar-refractivity contribution in [1.82, 2.24) is 24.6 Å². The molecule has 4 aromatic heterocycles. The number of nitrogens with zero attached hydrogens (tertiary/aromatic N) is 6. The number of piperazine rings is 1. The largest absolute Gasteiger partial charge is 0.489 e. The molecule has 1 saturated heterocycles. The molecule has 0 saturated carbocycles. The van der Waals surface area contributed by atoms with Gasteiger partial charge in [-0.1, -0.05) is 12.1 Å². The standard InChI is InChI=1S/C28H24N8O2/c1-2-19-13-30-33-23(19)11-18(1)24-15-35-7-6-29-28(35)27(32-24)31-20-3-4-25-26(12-20)38-17-22-14-34(8-9-36(22)25)21-5-10-37-16-21/h1-7,10-13,15-16,22H,8-9,14,17H2,(H,30,33)(H,31,32). The average molecular weight is 505 g/mol. The maximum absolute atomic E-state index is 6.25. The molecule has 188 valence electrons. The van der Waals surface area contributed by atoms with Gasteiger partial charge < -0.3 is 28.7 Å². The van der Waals surface area contributed by atoms with E-state index in [1.807, 2.05) is 35.1 Å². The van der Waals surface area contributed by atoms with Crippen molar-refractivity contribution >= 4 is 39.4 Å². The molecule has 2 N–H and O–H groups in total. The van der Waals surface area contributed by atoms with E-state index in [0.717, 1.165) is 70.3 Å². The lowest BCUT2D eigenvalue weighted by atomic mass is 10.1. The Kier molecular flexibility index (Phi) is 4.60. The van der Waals surface area contributed by atoms with Gasteiger partial charge in [-0.2, -0.15) is 5.10 Å². The SMILES string of the molecule is c1cn2cc(-c3ccc4cn[nH]c4c3)nc(Nc3ccc4c(c3)OCC3CN(c5ccoc5)CCN43)c2n1. The first kappa shape index (κ1) is 21.1.